The zero-order valence-electron chi connectivity index (χ0n) is 19.9. The lowest BCUT2D eigenvalue weighted by atomic mass is 9.55. The summed E-state index contributed by atoms with van der Waals surface area (Å²) in [5, 5.41) is 10.0. The van der Waals surface area contributed by atoms with E-state index in [-0.39, 0.29) is 23.7 Å². The fraction of sp³-hybridized carbons (Fsp3) is 0.121. The van der Waals surface area contributed by atoms with Crippen LogP contribution in [0.3, 0.4) is 0 Å². The van der Waals surface area contributed by atoms with Crippen LogP contribution in [0.1, 0.15) is 39.7 Å². The maximum Gasteiger partial charge on any atom is 0.254 e. The first-order chi connectivity index (χ1) is 18.2. The molecule has 1 fully saturated rings. The van der Waals surface area contributed by atoms with Crippen LogP contribution >= 0.6 is 0 Å². The van der Waals surface area contributed by atoms with Gasteiger partial charge in [0.25, 0.3) is 11.8 Å². The highest BCUT2D eigenvalue weighted by molar-refractivity contribution is 6.14. The van der Waals surface area contributed by atoms with Crippen LogP contribution in [0.2, 0.25) is 0 Å². The first-order valence-corrected chi connectivity index (χ1v) is 12.7. The molecule has 0 N–H and O–H groups in total. The van der Waals surface area contributed by atoms with Crippen molar-refractivity contribution in [2.45, 2.75) is 11.8 Å². The van der Waals surface area contributed by atoms with Gasteiger partial charge in [-0.2, -0.15) is 10.1 Å². The van der Waals surface area contributed by atoms with E-state index in [4.69, 9.17) is 0 Å². The minimum atomic E-state index is -0.427. The van der Waals surface area contributed by atoms with Crippen LogP contribution in [0.15, 0.2) is 108 Å². The number of amides is 2. The van der Waals surface area contributed by atoms with Gasteiger partial charge in [-0.25, -0.2) is 0 Å². The van der Waals surface area contributed by atoms with E-state index in [2.05, 4.69) is 59.7 Å². The standard InChI is InChI=1S/C33H22N2O2/c36-32-30-28-23-13-5-6-14-24(23)29(26-16-8-7-15-25(26)28)31(30)33(37)35(32)34-18-27-21-11-3-1-9-19(21)17-20-10-2-4-12-22(20)27/h1-18,28-31H/b34-18-/t28?,29?,30-,31-/m1/s1. The molecule has 1 saturated heterocycles. The van der Waals surface area contributed by atoms with Crippen LogP contribution in [0.25, 0.3) is 21.5 Å². The topological polar surface area (TPSA) is 49.7 Å². The number of rotatable bonds is 2. The number of hydrogen-bond donors (Lipinski definition) is 0. The maximum atomic E-state index is 13.9. The Labute approximate surface area is 213 Å². The van der Waals surface area contributed by atoms with Crippen LogP contribution in [0, 0.1) is 11.8 Å². The van der Waals surface area contributed by atoms with Crippen LogP contribution < -0.4 is 0 Å². The second-order valence-electron chi connectivity index (χ2n) is 10.2. The third-order valence-electron chi connectivity index (χ3n) is 8.54. The van der Waals surface area contributed by atoms with Crippen molar-refractivity contribution in [2.24, 2.45) is 16.9 Å². The molecule has 2 atom stereocenters. The van der Waals surface area contributed by atoms with Crippen molar-refractivity contribution >= 4 is 39.6 Å². The van der Waals surface area contributed by atoms with Crippen molar-refractivity contribution in [3.8, 4) is 0 Å². The molecular formula is C33H22N2O2. The first-order valence-electron chi connectivity index (χ1n) is 12.7. The maximum absolute atomic E-state index is 13.9. The Bertz CT molecular complexity index is 1650. The fourth-order valence-electron chi connectivity index (χ4n) is 7.08. The molecule has 0 unspecified atom stereocenters. The monoisotopic (exact) mass is 478 g/mol. The van der Waals surface area contributed by atoms with E-state index in [1.807, 2.05) is 48.5 Å². The molecule has 4 aliphatic rings. The number of fused-ring (bicyclic) bond motifs is 2. The number of hydrogen-bond acceptors (Lipinski definition) is 3. The Morgan fingerprint density at radius 2 is 0.973 bits per heavy atom. The van der Waals surface area contributed by atoms with Gasteiger partial charge in [-0.05, 0) is 49.9 Å². The molecule has 176 valence electrons. The predicted molar refractivity (Wildman–Crippen MR) is 144 cm³/mol. The van der Waals surface area contributed by atoms with Crippen molar-refractivity contribution in [1.29, 1.82) is 0 Å². The lowest BCUT2D eigenvalue weighted by molar-refractivity contribution is -0.139. The summed E-state index contributed by atoms with van der Waals surface area (Å²) >= 11 is 0. The average molecular weight is 479 g/mol. The Morgan fingerprint density at radius 1 is 0.568 bits per heavy atom. The second-order valence-corrected chi connectivity index (χ2v) is 10.2. The summed E-state index contributed by atoms with van der Waals surface area (Å²) in [4.78, 5) is 27.8. The number of nitrogens with zero attached hydrogens (tertiary/aromatic N) is 2. The largest absolute Gasteiger partial charge is 0.272 e. The summed E-state index contributed by atoms with van der Waals surface area (Å²) < 4.78 is 0. The third-order valence-corrected chi connectivity index (χ3v) is 8.54. The molecule has 1 heterocycles. The van der Waals surface area contributed by atoms with Crippen LogP contribution in [0.4, 0.5) is 0 Å². The van der Waals surface area contributed by atoms with Crippen LogP contribution in [-0.2, 0) is 9.59 Å². The van der Waals surface area contributed by atoms with Crippen LogP contribution in [-0.4, -0.2) is 23.0 Å². The summed E-state index contributed by atoms with van der Waals surface area (Å²) in [5.74, 6) is -1.51. The molecular weight excluding hydrogens is 456 g/mol. The fourth-order valence-corrected chi connectivity index (χ4v) is 7.08. The molecule has 5 aromatic carbocycles. The summed E-state index contributed by atoms with van der Waals surface area (Å²) in [6, 6.07) is 35.0. The summed E-state index contributed by atoms with van der Waals surface area (Å²) in [5.41, 5.74) is 5.58. The number of imide groups is 1. The lowest BCUT2D eigenvalue weighted by Gasteiger charge is -2.45. The summed E-state index contributed by atoms with van der Waals surface area (Å²) in [7, 11) is 0. The van der Waals surface area contributed by atoms with Gasteiger partial charge in [0.05, 0.1) is 18.1 Å². The van der Waals surface area contributed by atoms with Gasteiger partial charge in [0.1, 0.15) is 0 Å². The number of hydrazone groups is 1. The average Bonchev–Trinajstić information content (AvgIpc) is 3.20. The molecule has 2 amide bonds. The van der Waals surface area contributed by atoms with Gasteiger partial charge in [0, 0.05) is 17.4 Å². The molecule has 0 radical (unpaired) electrons. The molecule has 0 aromatic heterocycles. The highest BCUT2D eigenvalue weighted by Crippen LogP contribution is 2.60. The lowest BCUT2D eigenvalue weighted by Crippen LogP contribution is -2.41. The molecule has 9 rings (SSSR count). The molecule has 37 heavy (non-hydrogen) atoms. The van der Waals surface area contributed by atoms with Gasteiger partial charge in [-0.15, -0.1) is 0 Å². The second kappa shape index (κ2) is 7.47. The summed E-state index contributed by atoms with van der Waals surface area (Å²) in [6.45, 7) is 0. The number of benzene rings is 5. The Hall–Kier alpha value is -4.57. The van der Waals surface area contributed by atoms with E-state index in [1.54, 1.807) is 6.21 Å². The smallest absolute Gasteiger partial charge is 0.254 e. The Balaban J connectivity index is 1.27. The molecule has 5 aromatic rings. The Morgan fingerprint density at radius 3 is 1.43 bits per heavy atom. The van der Waals surface area contributed by atoms with Crippen molar-refractivity contribution < 1.29 is 9.59 Å². The minimum Gasteiger partial charge on any atom is -0.272 e. The quantitative estimate of drug-likeness (QED) is 0.172. The van der Waals surface area contributed by atoms with Gasteiger partial charge < -0.3 is 0 Å². The molecule has 4 heteroatoms. The van der Waals surface area contributed by atoms with Crippen molar-refractivity contribution in [1.82, 2.24) is 5.01 Å². The number of carbonyl (C=O) groups excluding carboxylic acids is 2. The Kier molecular flexibility index (Phi) is 4.16. The van der Waals surface area contributed by atoms with Gasteiger partial charge in [-0.1, -0.05) is 97.1 Å². The minimum absolute atomic E-state index is 0.127. The highest BCUT2D eigenvalue weighted by Gasteiger charge is 2.61. The third kappa shape index (κ3) is 2.70. The number of carbonyl (C=O) groups is 2. The van der Waals surface area contributed by atoms with E-state index >= 15 is 0 Å². The molecule has 0 saturated carbocycles. The van der Waals surface area contributed by atoms with Gasteiger partial charge in [0.2, 0.25) is 0 Å². The molecule has 3 aliphatic carbocycles. The van der Waals surface area contributed by atoms with E-state index in [9.17, 15) is 9.59 Å². The van der Waals surface area contributed by atoms with Gasteiger partial charge >= 0.3 is 0 Å². The van der Waals surface area contributed by atoms with E-state index in [1.165, 1.54) is 22.3 Å². The van der Waals surface area contributed by atoms with Crippen molar-refractivity contribution in [3.63, 3.8) is 0 Å². The van der Waals surface area contributed by atoms with Gasteiger partial charge in [0.15, 0.2) is 0 Å². The van der Waals surface area contributed by atoms with Crippen molar-refractivity contribution in [2.75, 3.05) is 0 Å². The zero-order chi connectivity index (χ0) is 24.7. The SMILES string of the molecule is O=C1[C@@H]2C3c4ccccc4C(c4ccccc43)[C@H]2C(=O)N1/N=C\c1c2ccccc2cc2ccccc12. The highest BCUT2D eigenvalue weighted by atomic mass is 16.2. The summed E-state index contributed by atoms with van der Waals surface area (Å²) in [6.07, 6.45) is 1.71. The molecule has 1 aliphatic heterocycles. The molecule has 2 bridgehead atoms. The molecule has 4 nitrogen and oxygen atoms in total. The zero-order valence-corrected chi connectivity index (χ0v) is 19.9. The first kappa shape index (κ1) is 20.6. The van der Waals surface area contributed by atoms with E-state index in [0.717, 1.165) is 32.1 Å². The normalized spacial score (nSPS) is 23.6. The van der Waals surface area contributed by atoms with Crippen molar-refractivity contribution in [3.05, 3.63) is 131 Å². The molecule has 0 spiro atoms. The van der Waals surface area contributed by atoms with E-state index < -0.39 is 11.8 Å². The van der Waals surface area contributed by atoms with Crippen LogP contribution in [0.5, 0.6) is 0 Å². The van der Waals surface area contributed by atoms with E-state index in [0.29, 0.717) is 0 Å². The predicted octanol–water partition coefficient (Wildman–Crippen LogP) is 6.22. The van der Waals surface area contributed by atoms with Gasteiger partial charge in [-0.3, -0.25) is 9.59 Å².